The lowest BCUT2D eigenvalue weighted by Gasteiger charge is -2.16. The number of halogens is 1. The van der Waals surface area contributed by atoms with E-state index in [0.717, 1.165) is 21.9 Å². The SMILES string of the molecule is CC(C)(C)O.Cc1cc2ccccc2c(-c2ccc(F)c(C#N)c2)c1CC(=O)O. The zero-order chi connectivity index (χ0) is 21.8. The summed E-state index contributed by atoms with van der Waals surface area (Å²) in [6, 6.07) is 15.7. The average Bonchev–Trinajstić information content (AvgIpc) is 2.61. The van der Waals surface area contributed by atoms with Gasteiger partial charge in [0.1, 0.15) is 11.9 Å². The van der Waals surface area contributed by atoms with Crippen molar-refractivity contribution in [3.05, 3.63) is 71.0 Å². The second-order valence-corrected chi connectivity index (χ2v) is 7.82. The molecule has 150 valence electrons. The van der Waals surface area contributed by atoms with Crippen LogP contribution in [0.15, 0.2) is 48.5 Å². The van der Waals surface area contributed by atoms with Gasteiger partial charge in [0.25, 0.3) is 0 Å². The van der Waals surface area contributed by atoms with Crippen molar-refractivity contribution in [1.82, 2.24) is 0 Å². The maximum Gasteiger partial charge on any atom is 0.307 e. The van der Waals surface area contributed by atoms with E-state index >= 15 is 0 Å². The largest absolute Gasteiger partial charge is 0.481 e. The molecule has 0 spiro atoms. The number of aliphatic hydroxyl groups is 1. The molecule has 0 aliphatic carbocycles. The van der Waals surface area contributed by atoms with Crippen molar-refractivity contribution in [3.63, 3.8) is 0 Å². The number of rotatable bonds is 3. The predicted octanol–water partition coefficient (Wildman–Crippen LogP) is 5.23. The Morgan fingerprint density at radius 3 is 2.34 bits per heavy atom. The van der Waals surface area contributed by atoms with Crippen molar-refractivity contribution in [1.29, 1.82) is 5.26 Å². The molecular weight excluding hydrogens is 369 g/mol. The van der Waals surface area contributed by atoms with E-state index in [9.17, 15) is 14.3 Å². The molecule has 0 saturated heterocycles. The maximum absolute atomic E-state index is 13.7. The van der Waals surface area contributed by atoms with Crippen LogP contribution in [0, 0.1) is 24.1 Å². The van der Waals surface area contributed by atoms with Crippen LogP contribution >= 0.6 is 0 Å². The number of benzene rings is 3. The quantitative estimate of drug-likeness (QED) is 0.638. The zero-order valence-corrected chi connectivity index (χ0v) is 17.0. The molecule has 0 fully saturated rings. The number of aryl methyl sites for hydroxylation is 1. The summed E-state index contributed by atoms with van der Waals surface area (Å²) in [7, 11) is 0. The number of carbonyl (C=O) groups is 1. The van der Waals surface area contributed by atoms with Crippen LogP contribution in [0.3, 0.4) is 0 Å². The topological polar surface area (TPSA) is 81.3 Å². The highest BCUT2D eigenvalue weighted by Gasteiger charge is 2.16. The second-order valence-electron chi connectivity index (χ2n) is 7.82. The van der Waals surface area contributed by atoms with E-state index in [1.807, 2.05) is 43.3 Å². The number of hydrogen-bond acceptors (Lipinski definition) is 3. The highest BCUT2D eigenvalue weighted by molar-refractivity contribution is 6.00. The normalized spacial score (nSPS) is 10.8. The first-order valence-corrected chi connectivity index (χ1v) is 9.16. The minimum atomic E-state index is -0.933. The molecule has 0 aromatic heterocycles. The van der Waals surface area contributed by atoms with Gasteiger partial charge in [-0.05, 0) is 72.9 Å². The molecule has 0 amide bonds. The third kappa shape index (κ3) is 5.87. The summed E-state index contributed by atoms with van der Waals surface area (Å²) in [5.41, 5.74) is 2.36. The summed E-state index contributed by atoms with van der Waals surface area (Å²) in [6.07, 6.45) is -0.134. The van der Waals surface area contributed by atoms with Gasteiger partial charge in [-0.15, -0.1) is 0 Å². The van der Waals surface area contributed by atoms with Gasteiger partial charge in [-0.1, -0.05) is 36.4 Å². The maximum atomic E-state index is 13.7. The molecule has 29 heavy (non-hydrogen) atoms. The van der Waals surface area contributed by atoms with Crippen molar-refractivity contribution in [2.75, 3.05) is 0 Å². The van der Waals surface area contributed by atoms with Gasteiger partial charge in [0.15, 0.2) is 0 Å². The van der Waals surface area contributed by atoms with Crippen LogP contribution in [-0.2, 0) is 11.2 Å². The molecule has 5 heteroatoms. The molecule has 0 atom stereocenters. The van der Waals surface area contributed by atoms with Gasteiger partial charge in [-0.25, -0.2) is 4.39 Å². The third-order valence-corrected chi connectivity index (χ3v) is 4.08. The van der Waals surface area contributed by atoms with Gasteiger partial charge in [-0.3, -0.25) is 4.79 Å². The van der Waals surface area contributed by atoms with Gasteiger partial charge in [-0.2, -0.15) is 5.26 Å². The average molecular weight is 393 g/mol. The Bertz CT molecular complexity index is 1090. The van der Waals surface area contributed by atoms with Gasteiger partial charge in [0, 0.05) is 0 Å². The molecular formula is C24H24FNO3. The fraction of sp³-hybridized carbons (Fsp3) is 0.250. The first-order valence-electron chi connectivity index (χ1n) is 9.16. The number of hydrogen-bond donors (Lipinski definition) is 2. The van der Waals surface area contributed by atoms with Crippen molar-refractivity contribution in [2.45, 2.75) is 39.7 Å². The minimum absolute atomic E-state index is 0.0561. The van der Waals surface area contributed by atoms with Crippen molar-refractivity contribution >= 4 is 16.7 Å². The van der Waals surface area contributed by atoms with E-state index in [-0.39, 0.29) is 12.0 Å². The molecule has 3 aromatic rings. The summed E-state index contributed by atoms with van der Waals surface area (Å²) in [4.78, 5) is 11.3. The summed E-state index contributed by atoms with van der Waals surface area (Å²) >= 11 is 0. The van der Waals surface area contributed by atoms with E-state index in [1.165, 1.54) is 12.1 Å². The molecule has 0 unspecified atom stereocenters. The number of aliphatic carboxylic acids is 1. The Kier molecular flexibility index (Phi) is 6.73. The molecule has 0 aliphatic rings. The molecule has 0 bridgehead atoms. The van der Waals surface area contributed by atoms with Gasteiger partial charge >= 0.3 is 5.97 Å². The van der Waals surface area contributed by atoms with Crippen molar-refractivity contribution in [3.8, 4) is 17.2 Å². The Morgan fingerprint density at radius 2 is 1.76 bits per heavy atom. The Hall–Kier alpha value is -3.23. The lowest BCUT2D eigenvalue weighted by molar-refractivity contribution is -0.136. The van der Waals surface area contributed by atoms with Crippen LogP contribution in [0.1, 0.15) is 37.5 Å². The van der Waals surface area contributed by atoms with Crippen LogP contribution in [0.25, 0.3) is 21.9 Å². The van der Waals surface area contributed by atoms with Crippen LogP contribution in [0.5, 0.6) is 0 Å². The Labute approximate surface area is 169 Å². The fourth-order valence-electron chi connectivity index (χ4n) is 3.01. The van der Waals surface area contributed by atoms with E-state index < -0.39 is 17.4 Å². The number of fused-ring (bicyclic) bond motifs is 1. The Balaban J connectivity index is 0.000000537. The van der Waals surface area contributed by atoms with Gasteiger partial charge in [0.05, 0.1) is 17.6 Å². The first-order chi connectivity index (χ1) is 13.5. The fourth-order valence-corrected chi connectivity index (χ4v) is 3.01. The zero-order valence-electron chi connectivity index (χ0n) is 17.0. The van der Waals surface area contributed by atoms with Gasteiger partial charge in [0.2, 0.25) is 0 Å². The summed E-state index contributed by atoms with van der Waals surface area (Å²) in [6.45, 7) is 7.09. The van der Waals surface area contributed by atoms with Crippen molar-refractivity contribution in [2.24, 2.45) is 0 Å². The van der Waals surface area contributed by atoms with E-state index in [2.05, 4.69) is 0 Å². The van der Waals surface area contributed by atoms with Crippen LogP contribution in [-0.4, -0.2) is 21.8 Å². The predicted molar refractivity (Wildman–Crippen MR) is 112 cm³/mol. The lowest BCUT2D eigenvalue weighted by atomic mass is 9.88. The monoisotopic (exact) mass is 393 g/mol. The Morgan fingerprint density at radius 1 is 1.14 bits per heavy atom. The third-order valence-electron chi connectivity index (χ3n) is 4.08. The molecule has 4 nitrogen and oxygen atoms in total. The van der Waals surface area contributed by atoms with Gasteiger partial charge < -0.3 is 10.2 Å². The number of carboxylic acid groups (broad SMARTS) is 1. The summed E-state index contributed by atoms with van der Waals surface area (Å²) in [5.74, 6) is -1.52. The van der Waals surface area contributed by atoms with Crippen LogP contribution in [0.4, 0.5) is 4.39 Å². The molecule has 0 heterocycles. The molecule has 2 N–H and O–H groups in total. The number of carboxylic acids is 1. The molecule has 3 rings (SSSR count). The highest BCUT2D eigenvalue weighted by Crippen LogP contribution is 2.35. The lowest BCUT2D eigenvalue weighted by Crippen LogP contribution is -2.10. The van der Waals surface area contributed by atoms with E-state index in [4.69, 9.17) is 10.4 Å². The molecule has 3 aromatic carbocycles. The highest BCUT2D eigenvalue weighted by atomic mass is 19.1. The number of nitriles is 1. The standard InChI is InChI=1S/C20H14FNO2.C4H10O/c1-12-8-13-4-2-3-5-16(13)20(17(12)10-19(23)24)14-6-7-18(21)15(9-14)11-22;1-4(2,3)5/h2-9H,10H2,1H3,(H,23,24);5H,1-3H3. The minimum Gasteiger partial charge on any atom is -0.481 e. The summed E-state index contributed by atoms with van der Waals surface area (Å²) in [5, 5.41) is 28.7. The molecule has 0 saturated carbocycles. The second kappa shape index (κ2) is 8.85. The van der Waals surface area contributed by atoms with Crippen LogP contribution < -0.4 is 0 Å². The molecule has 0 radical (unpaired) electrons. The summed E-state index contributed by atoms with van der Waals surface area (Å²) < 4.78 is 13.7. The number of nitrogens with zero attached hydrogens (tertiary/aromatic N) is 1. The smallest absolute Gasteiger partial charge is 0.307 e. The molecule has 0 aliphatic heterocycles. The van der Waals surface area contributed by atoms with E-state index in [0.29, 0.717) is 11.1 Å². The van der Waals surface area contributed by atoms with Crippen LogP contribution in [0.2, 0.25) is 0 Å². The first kappa shape index (κ1) is 22.1. The van der Waals surface area contributed by atoms with E-state index in [1.54, 1.807) is 26.8 Å². The van der Waals surface area contributed by atoms with Crippen molar-refractivity contribution < 1.29 is 19.4 Å².